The van der Waals surface area contributed by atoms with Crippen LogP contribution in [0.25, 0.3) is 5.70 Å². The zero-order chi connectivity index (χ0) is 14.7. The summed E-state index contributed by atoms with van der Waals surface area (Å²) in [5.74, 6) is 2.42. The van der Waals surface area contributed by atoms with Gasteiger partial charge in [-0.3, -0.25) is 0 Å². The first-order chi connectivity index (χ1) is 9.54. The van der Waals surface area contributed by atoms with E-state index >= 15 is 0 Å². The Kier molecular flexibility index (Phi) is 3.95. The van der Waals surface area contributed by atoms with Crippen LogP contribution in [0.4, 0.5) is 4.39 Å². The molecule has 0 radical (unpaired) electrons. The SMILES string of the molecule is C#CCOc1ccc(C2=CC=C(C)C(=C)N2C)c(F)c1. The fourth-order valence-electron chi connectivity index (χ4n) is 2.01. The van der Waals surface area contributed by atoms with Gasteiger partial charge in [-0.2, -0.15) is 0 Å². The van der Waals surface area contributed by atoms with Gasteiger partial charge in [-0.15, -0.1) is 6.42 Å². The summed E-state index contributed by atoms with van der Waals surface area (Å²) in [6.07, 6.45) is 8.92. The van der Waals surface area contributed by atoms with Crippen molar-refractivity contribution in [2.75, 3.05) is 13.7 Å². The van der Waals surface area contributed by atoms with E-state index in [0.717, 1.165) is 17.0 Å². The second-order valence-corrected chi connectivity index (χ2v) is 4.54. The molecule has 0 aliphatic carbocycles. The first kappa shape index (κ1) is 14.0. The summed E-state index contributed by atoms with van der Waals surface area (Å²) >= 11 is 0. The van der Waals surface area contributed by atoms with Gasteiger partial charge < -0.3 is 9.64 Å². The van der Waals surface area contributed by atoms with Crippen LogP contribution in [-0.4, -0.2) is 18.6 Å². The van der Waals surface area contributed by atoms with Crippen molar-refractivity contribution >= 4 is 5.70 Å². The van der Waals surface area contributed by atoms with Crippen molar-refractivity contribution in [3.63, 3.8) is 0 Å². The Morgan fingerprint density at radius 2 is 2.15 bits per heavy atom. The number of rotatable bonds is 3. The lowest BCUT2D eigenvalue weighted by molar-refractivity contribution is 0.367. The fraction of sp³-hybridized carbons (Fsp3) is 0.176. The lowest BCUT2D eigenvalue weighted by atomic mass is 10.0. The maximum atomic E-state index is 14.2. The molecule has 0 amide bonds. The summed E-state index contributed by atoms with van der Waals surface area (Å²) < 4.78 is 19.4. The summed E-state index contributed by atoms with van der Waals surface area (Å²) in [7, 11) is 1.87. The third kappa shape index (κ3) is 2.60. The maximum Gasteiger partial charge on any atom is 0.148 e. The largest absolute Gasteiger partial charge is 0.481 e. The molecule has 3 heteroatoms. The molecule has 0 unspecified atom stereocenters. The van der Waals surface area contributed by atoms with Crippen LogP contribution in [-0.2, 0) is 0 Å². The molecule has 0 N–H and O–H groups in total. The van der Waals surface area contributed by atoms with Crippen LogP contribution >= 0.6 is 0 Å². The molecule has 0 fully saturated rings. The highest BCUT2D eigenvalue weighted by Crippen LogP contribution is 2.31. The second-order valence-electron chi connectivity index (χ2n) is 4.54. The van der Waals surface area contributed by atoms with Gasteiger partial charge in [0.1, 0.15) is 18.2 Å². The normalized spacial score (nSPS) is 14.5. The number of hydrogen-bond acceptors (Lipinski definition) is 2. The summed E-state index contributed by atoms with van der Waals surface area (Å²) in [5, 5.41) is 0. The van der Waals surface area contributed by atoms with Gasteiger partial charge in [0.2, 0.25) is 0 Å². The average Bonchev–Trinajstić information content (AvgIpc) is 2.44. The first-order valence-corrected chi connectivity index (χ1v) is 6.22. The van der Waals surface area contributed by atoms with Crippen LogP contribution in [0, 0.1) is 18.2 Å². The molecule has 1 heterocycles. The van der Waals surface area contributed by atoms with E-state index in [2.05, 4.69) is 12.5 Å². The molecule has 102 valence electrons. The third-order valence-corrected chi connectivity index (χ3v) is 3.25. The van der Waals surface area contributed by atoms with Gasteiger partial charge in [0.15, 0.2) is 0 Å². The van der Waals surface area contributed by atoms with Gasteiger partial charge in [-0.05, 0) is 30.7 Å². The lowest BCUT2D eigenvalue weighted by Crippen LogP contribution is -2.19. The number of hydrogen-bond donors (Lipinski definition) is 0. The minimum absolute atomic E-state index is 0.125. The minimum atomic E-state index is -0.349. The average molecular weight is 269 g/mol. The standard InChI is InChI=1S/C17H16FNO/c1-5-10-20-14-7-8-15(16(18)11-14)17-9-6-12(2)13(3)19(17)4/h1,6-9,11H,3,10H2,2,4H3. The van der Waals surface area contributed by atoms with E-state index in [1.165, 1.54) is 6.07 Å². The Hall–Kier alpha value is -2.47. The Balaban J connectivity index is 2.35. The Labute approximate surface area is 118 Å². The van der Waals surface area contributed by atoms with Crippen molar-refractivity contribution in [2.45, 2.75) is 6.92 Å². The zero-order valence-corrected chi connectivity index (χ0v) is 11.6. The molecule has 2 rings (SSSR count). The molecular formula is C17H16FNO. The predicted molar refractivity (Wildman–Crippen MR) is 79.4 cm³/mol. The summed E-state index contributed by atoms with van der Waals surface area (Å²) in [6, 6.07) is 4.74. The Bertz CT molecular complexity index is 649. The molecule has 1 aliphatic rings. The monoisotopic (exact) mass is 269 g/mol. The first-order valence-electron chi connectivity index (χ1n) is 6.22. The van der Waals surface area contributed by atoms with Crippen LogP contribution in [0.1, 0.15) is 12.5 Å². The molecule has 20 heavy (non-hydrogen) atoms. The van der Waals surface area contributed by atoms with Gasteiger partial charge in [0.25, 0.3) is 0 Å². The Morgan fingerprint density at radius 3 is 2.80 bits per heavy atom. The molecule has 0 atom stereocenters. The second kappa shape index (κ2) is 5.66. The predicted octanol–water partition coefficient (Wildman–Crippen LogP) is 3.58. The number of nitrogens with zero attached hydrogens (tertiary/aromatic N) is 1. The summed E-state index contributed by atoms with van der Waals surface area (Å²) in [6.45, 7) is 6.08. The molecule has 0 saturated heterocycles. The quantitative estimate of drug-likeness (QED) is 0.778. The molecule has 0 aromatic heterocycles. The summed E-state index contributed by atoms with van der Waals surface area (Å²) in [5.41, 5.74) is 3.19. The number of benzene rings is 1. The van der Waals surface area contributed by atoms with Crippen molar-refractivity contribution in [3.8, 4) is 18.1 Å². The number of likely N-dealkylation sites (N-methyl/N-ethyl adjacent to an activating group) is 1. The highest BCUT2D eigenvalue weighted by molar-refractivity contribution is 5.71. The molecule has 1 aromatic carbocycles. The van der Waals surface area contributed by atoms with E-state index in [-0.39, 0.29) is 12.4 Å². The number of terminal acetylenes is 1. The number of halogens is 1. The number of ether oxygens (including phenoxy) is 1. The van der Waals surface area contributed by atoms with Crippen molar-refractivity contribution < 1.29 is 9.13 Å². The van der Waals surface area contributed by atoms with Crippen LogP contribution in [0.5, 0.6) is 5.75 Å². The molecule has 0 bridgehead atoms. The minimum Gasteiger partial charge on any atom is -0.481 e. The molecule has 1 aromatic rings. The molecule has 0 saturated carbocycles. The summed E-state index contributed by atoms with van der Waals surface area (Å²) in [4.78, 5) is 1.87. The third-order valence-electron chi connectivity index (χ3n) is 3.25. The van der Waals surface area contributed by atoms with E-state index in [1.807, 2.05) is 31.0 Å². The lowest BCUT2D eigenvalue weighted by Gasteiger charge is -2.28. The maximum absolute atomic E-state index is 14.2. The van der Waals surface area contributed by atoms with Gasteiger partial charge in [0.05, 0.1) is 5.70 Å². The van der Waals surface area contributed by atoms with Crippen LogP contribution < -0.4 is 4.74 Å². The van der Waals surface area contributed by atoms with Gasteiger partial charge >= 0.3 is 0 Å². The van der Waals surface area contributed by atoms with Gasteiger partial charge in [-0.25, -0.2) is 4.39 Å². The van der Waals surface area contributed by atoms with E-state index in [9.17, 15) is 4.39 Å². The van der Waals surface area contributed by atoms with E-state index in [0.29, 0.717) is 11.3 Å². The van der Waals surface area contributed by atoms with Gasteiger partial charge in [-0.1, -0.05) is 18.6 Å². The van der Waals surface area contributed by atoms with Crippen LogP contribution in [0.3, 0.4) is 0 Å². The molecule has 1 aliphatic heterocycles. The van der Waals surface area contributed by atoms with Crippen LogP contribution in [0.2, 0.25) is 0 Å². The highest BCUT2D eigenvalue weighted by atomic mass is 19.1. The van der Waals surface area contributed by atoms with Gasteiger partial charge in [0, 0.05) is 24.4 Å². The topological polar surface area (TPSA) is 12.5 Å². The molecule has 2 nitrogen and oxygen atoms in total. The highest BCUT2D eigenvalue weighted by Gasteiger charge is 2.18. The zero-order valence-electron chi connectivity index (χ0n) is 11.6. The fourth-order valence-corrected chi connectivity index (χ4v) is 2.01. The van der Waals surface area contributed by atoms with E-state index in [4.69, 9.17) is 11.2 Å². The van der Waals surface area contributed by atoms with Crippen LogP contribution in [0.15, 0.2) is 48.2 Å². The Morgan fingerprint density at radius 1 is 1.40 bits per heavy atom. The van der Waals surface area contributed by atoms with E-state index in [1.54, 1.807) is 12.1 Å². The van der Waals surface area contributed by atoms with Crippen molar-refractivity contribution in [2.24, 2.45) is 0 Å². The van der Waals surface area contributed by atoms with Crippen molar-refractivity contribution in [3.05, 3.63) is 59.6 Å². The molecular weight excluding hydrogens is 253 g/mol. The molecule has 0 spiro atoms. The van der Waals surface area contributed by atoms with Crippen molar-refractivity contribution in [1.82, 2.24) is 4.90 Å². The van der Waals surface area contributed by atoms with Crippen molar-refractivity contribution in [1.29, 1.82) is 0 Å². The van der Waals surface area contributed by atoms with E-state index < -0.39 is 0 Å². The number of allylic oxidation sites excluding steroid dienone is 3. The smallest absolute Gasteiger partial charge is 0.148 e.